The molecule has 3 heterocycles. The van der Waals surface area contributed by atoms with Crippen LogP contribution in [-0.4, -0.2) is 10.3 Å². The zero-order valence-electron chi connectivity index (χ0n) is 21.1. The van der Waals surface area contributed by atoms with Gasteiger partial charge < -0.3 is 14.3 Å². The summed E-state index contributed by atoms with van der Waals surface area (Å²) >= 11 is 0. The minimum Gasteiger partial charge on any atom is -0.464 e. The van der Waals surface area contributed by atoms with Gasteiger partial charge in [-0.05, 0) is 65.7 Å². The molecule has 186 valence electrons. The van der Waals surface area contributed by atoms with Crippen LogP contribution in [0, 0.1) is 5.41 Å². The molecule has 0 radical (unpaired) electrons. The fourth-order valence-electron chi connectivity index (χ4n) is 5.23. The predicted molar refractivity (Wildman–Crippen MR) is 160 cm³/mol. The van der Waals surface area contributed by atoms with Gasteiger partial charge in [-0.25, -0.2) is 0 Å². The van der Waals surface area contributed by atoms with E-state index >= 15 is 0 Å². The fourth-order valence-corrected chi connectivity index (χ4v) is 5.23. The molecule has 0 amide bonds. The van der Waals surface area contributed by atoms with Crippen molar-refractivity contribution in [2.45, 2.75) is 0 Å². The van der Waals surface area contributed by atoms with Crippen LogP contribution in [0.3, 0.4) is 0 Å². The highest BCUT2D eigenvalue weighted by Gasteiger charge is 2.20. The highest BCUT2D eigenvalue weighted by atomic mass is 16.3. The summed E-state index contributed by atoms with van der Waals surface area (Å²) in [6, 6.07) is 41.1. The fraction of sp³-hybridized carbons (Fsp3) is 0. The van der Waals surface area contributed by atoms with Crippen LogP contribution < -0.4 is 5.32 Å². The van der Waals surface area contributed by atoms with E-state index in [0.29, 0.717) is 5.71 Å². The van der Waals surface area contributed by atoms with Gasteiger partial charge in [0, 0.05) is 33.6 Å². The molecule has 39 heavy (non-hydrogen) atoms. The van der Waals surface area contributed by atoms with Crippen LogP contribution in [0.1, 0.15) is 22.4 Å². The van der Waals surface area contributed by atoms with Gasteiger partial charge in [0.1, 0.15) is 5.76 Å². The third kappa shape index (κ3) is 4.18. The number of rotatable bonds is 5. The molecule has 0 aliphatic carbocycles. The first-order valence-electron chi connectivity index (χ1n) is 12.9. The van der Waals surface area contributed by atoms with Crippen LogP contribution in [0.15, 0.2) is 138 Å². The van der Waals surface area contributed by atoms with Crippen LogP contribution in [0.5, 0.6) is 0 Å². The second-order valence-electron chi connectivity index (χ2n) is 9.56. The molecule has 0 saturated carbocycles. The summed E-state index contributed by atoms with van der Waals surface area (Å²) < 4.78 is 7.84. The molecule has 0 unspecified atom stereocenters. The molecular weight excluding hydrogens is 478 g/mol. The number of nitrogens with one attached hydrogen (secondary N) is 2. The van der Waals surface area contributed by atoms with Crippen molar-refractivity contribution in [3.63, 3.8) is 0 Å². The quantitative estimate of drug-likeness (QED) is 0.232. The Morgan fingerprint density at radius 1 is 0.744 bits per heavy atom. The number of aromatic nitrogens is 1. The molecule has 1 aliphatic rings. The monoisotopic (exact) mass is 503 g/mol. The van der Waals surface area contributed by atoms with Crippen LogP contribution in [0.4, 0.5) is 0 Å². The van der Waals surface area contributed by atoms with E-state index in [9.17, 15) is 5.41 Å². The van der Waals surface area contributed by atoms with E-state index in [0.717, 1.165) is 61.7 Å². The van der Waals surface area contributed by atoms with Gasteiger partial charge in [0.15, 0.2) is 0 Å². The van der Waals surface area contributed by atoms with Gasteiger partial charge in [0.2, 0.25) is 0 Å². The Labute approximate surface area is 226 Å². The first-order chi connectivity index (χ1) is 19.2. The van der Waals surface area contributed by atoms with E-state index in [-0.39, 0.29) is 0 Å². The number of nitrogens with zero attached hydrogens (tertiary/aromatic N) is 1. The highest BCUT2D eigenvalue weighted by Crippen LogP contribution is 2.34. The number of allylic oxidation sites excluding steroid dienone is 1. The standard InChI is InChI=1S/C35H25N3O/c36-30(34-22-26-12-7-8-15-33(26)38(34)28-13-5-2-6-14-28)23-32-29-20-27(35-16-9-19-39-35)18-17-25(29)21-31(37-32)24-10-3-1-4-11-24/h1-23,36-37H/b32-23-,36-30?. The van der Waals surface area contributed by atoms with Gasteiger partial charge in [-0.2, -0.15) is 0 Å². The average Bonchev–Trinajstić information content (AvgIpc) is 3.67. The molecule has 4 heteroatoms. The Kier molecular flexibility index (Phi) is 5.56. The predicted octanol–water partition coefficient (Wildman–Crippen LogP) is 8.40. The molecule has 7 rings (SSSR count). The van der Waals surface area contributed by atoms with Gasteiger partial charge in [0.25, 0.3) is 0 Å². The molecule has 4 nitrogen and oxygen atoms in total. The maximum absolute atomic E-state index is 9.32. The van der Waals surface area contributed by atoms with Crippen molar-refractivity contribution < 1.29 is 4.42 Å². The van der Waals surface area contributed by atoms with E-state index in [4.69, 9.17) is 4.42 Å². The van der Waals surface area contributed by atoms with E-state index < -0.39 is 0 Å². The van der Waals surface area contributed by atoms with E-state index in [1.165, 1.54) is 0 Å². The Morgan fingerprint density at radius 2 is 1.51 bits per heavy atom. The molecule has 0 fully saturated rings. The second kappa shape index (κ2) is 9.51. The largest absolute Gasteiger partial charge is 0.464 e. The summed E-state index contributed by atoms with van der Waals surface area (Å²) in [5.41, 5.74) is 9.41. The summed E-state index contributed by atoms with van der Waals surface area (Å²) in [4.78, 5) is 0. The molecule has 1 aliphatic heterocycles. The van der Waals surface area contributed by atoms with Crippen molar-refractivity contribution in [2.24, 2.45) is 0 Å². The highest BCUT2D eigenvalue weighted by molar-refractivity contribution is 6.13. The van der Waals surface area contributed by atoms with E-state index in [2.05, 4.69) is 76.6 Å². The van der Waals surface area contributed by atoms with Crippen molar-refractivity contribution in [2.75, 3.05) is 0 Å². The number of hydrogen-bond donors (Lipinski definition) is 2. The maximum atomic E-state index is 9.32. The molecule has 0 saturated heterocycles. The smallest absolute Gasteiger partial charge is 0.133 e. The average molecular weight is 504 g/mol. The molecule has 2 aromatic heterocycles. The molecule has 0 bridgehead atoms. The molecule has 2 N–H and O–H groups in total. The van der Waals surface area contributed by atoms with Crippen molar-refractivity contribution in [3.05, 3.63) is 156 Å². The van der Waals surface area contributed by atoms with Gasteiger partial charge in [-0.3, -0.25) is 5.41 Å². The summed E-state index contributed by atoms with van der Waals surface area (Å²) in [5, 5.41) is 14.1. The first-order valence-corrected chi connectivity index (χ1v) is 12.9. The lowest BCUT2D eigenvalue weighted by molar-refractivity contribution is 0.582. The summed E-state index contributed by atoms with van der Waals surface area (Å²) in [5.74, 6) is 0.814. The number of furan rings is 1. The minimum atomic E-state index is 0.418. The van der Waals surface area contributed by atoms with Gasteiger partial charge in [0.05, 0.1) is 23.2 Å². The zero-order valence-corrected chi connectivity index (χ0v) is 21.1. The maximum Gasteiger partial charge on any atom is 0.133 e. The van der Waals surface area contributed by atoms with Crippen molar-refractivity contribution in [3.8, 4) is 17.0 Å². The number of fused-ring (bicyclic) bond motifs is 2. The normalized spacial score (nSPS) is 13.6. The van der Waals surface area contributed by atoms with Crippen LogP contribution in [0.25, 0.3) is 45.4 Å². The van der Waals surface area contributed by atoms with Crippen LogP contribution in [-0.2, 0) is 0 Å². The second-order valence-corrected chi connectivity index (χ2v) is 9.56. The molecular formula is C35H25N3O. The topological polar surface area (TPSA) is 54.0 Å². The van der Waals surface area contributed by atoms with Crippen molar-refractivity contribution in [1.82, 2.24) is 9.88 Å². The Bertz CT molecular complexity index is 1880. The van der Waals surface area contributed by atoms with Crippen molar-refractivity contribution >= 4 is 34.1 Å². The number of para-hydroxylation sites is 2. The lowest BCUT2D eigenvalue weighted by Gasteiger charge is -2.23. The summed E-state index contributed by atoms with van der Waals surface area (Å²) in [7, 11) is 0. The Morgan fingerprint density at radius 3 is 2.31 bits per heavy atom. The third-order valence-electron chi connectivity index (χ3n) is 7.09. The van der Waals surface area contributed by atoms with E-state index in [1.807, 2.05) is 66.7 Å². The SMILES string of the molecule is N=C(/C=C1\NC(c2ccccc2)=Cc2ccc(-c3ccco3)cc21)c1cc2ccccc2n1-c1ccccc1. The lowest BCUT2D eigenvalue weighted by Crippen LogP contribution is -2.18. The van der Waals surface area contributed by atoms with Crippen LogP contribution in [0.2, 0.25) is 0 Å². The van der Waals surface area contributed by atoms with Gasteiger partial charge >= 0.3 is 0 Å². The minimum absolute atomic E-state index is 0.418. The summed E-state index contributed by atoms with van der Waals surface area (Å²) in [6.07, 6.45) is 5.79. The van der Waals surface area contributed by atoms with Gasteiger partial charge in [-0.1, -0.05) is 78.9 Å². The Balaban J connectivity index is 1.38. The molecule has 0 atom stereocenters. The summed E-state index contributed by atoms with van der Waals surface area (Å²) in [6.45, 7) is 0. The Hall–Kier alpha value is -5.35. The van der Waals surface area contributed by atoms with Crippen molar-refractivity contribution in [1.29, 1.82) is 5.41 Å². The van der Waals surface area contributed by atoms with Crippen LogP contribution >= 0.6 is 0 Å². The zero-order chi connectivity index (χ0) is 26.2. The third-order valence-corrected chi connectivity index (χ3v) is 7.09. The van der Waals surface area contributed by atoms with E-state index in [1.54, 1.807) is 6.26 Å². The molecule has 6 aromatic rings. The lowest BCUT2D eigenvalue weighted by atomic mass is 9.94. The number of benzene rings is 4. The molecule has 4 aromatic carbocycles. The molecule has 0 spiro atoms. The van der Waals surface area contributed by atoms with Gasteiger partial charge in [-0.15, -0.1) is 0 Å². The first kappa shape index (κ1) is 22.8. The number of hydrogen-bond acceptors (Lipinski definition) is 3.